The first kappa shape index (κ1) is 21.4. The summed E-state index contributed by atoms with van der Waals surface area (Å²) in [6.45, 7) is 7.24. The Balaban J connectivity index is 2.08. The quantitative estimate of drug-likeness (QED) is 0.720. The van der Waals surface area contributed by atoms with E-state index < -0.39 is 28.0 Å². The van der Waals surface area contributed by atoms with Crippen molar-refractivity contribution in [2.24, 2.45) is 0 Å². The predicted molar refractivity (Wildman–Crippen MR) is 109 cm³/mol. The van der Waals surface area contributed by atoms with Crippen molar-refractivity contribution in [1.29, 1.82) is 0 Å². The molecule has 0 fully saturated rings. The monoisotopic (exact) mass is 404 g/mol. The maximum atomic E-state index is 12.4. The van der Waals surface area contributed by atoms with Crippen LogP contribution in [0.15, 0.2) is 36.4 Å². The third-order valence-electron chi connectivity index (χ3n) is 3.98. The van der Waals surface area contributed by atoms with Crippen LogP contribution in [0, 0.1) is 20.8 Å². The van der Waals surface area contributed by atoms with Gasteiger partial charge in [-0.1, -0.05) is 23.8 Å². The number of carbonyl (C=O) groups excluding carboxylic acids is 2. The van der Waals surface area contributed by atoms with Crippen molar-refractivity contribution in [2.45, 2.75) is 33.8 Å². The van der Waals surface area contributed by atoms with Gasteiger partial charge in [0.25, 0.3) is 5.91 Å². The SMILES string of the molecule is Cc1cc(C)c(NC(=O)[C@H](C)OC(=O)c2cccc(NS(C)(=O)=O)c2)c(C)c1. The summed E-state index contributed by atoms with van der Waals surface area (Å²) in [5, 5.41) is 2.80. The van der Waals surface area contributed by atoms with Gasteiger partial charge in [0.05, 0.1) is 11.8 Å². The Kier molecular flexibility index (Phi) is 6.45. The van der Waals surface area contributed by atoms with Crippen molar-refractivity contribution in [3.8, 4) is 0 Å². The maximum absolute atomic E-state index is 12.4. The Bertz CT molecular complexity index is 992. The number of carbonyl (C=O) groups is 2. The number of anilines is 2. The Morgan fingerprint density at radius 1 is 1.04 bits per heavy atom. The third-order valence-corrected chi connectivity index (χ3v) is 4.59. The van der Waals surface area contributed by atoms with E-state index in [1.807, 2.05) is 32.9 Å². The van der Waals surface area contributed by atoms with Crippen LogP contribution in [0.5, 0.6) is 0 Å². The molecule has 0 unspecified atom stereocenters. The first-order chi connectivity index (χ1) is 13.0. The molecule has 1 atom stereocenters. The number of ether oxygens (including phenoxy) is 1. The smallest absolute Gasteiger partial charge is 0.338 e. The van der Waals surface area contributed by atoms with Crippen LogP contribution in [0.2, 0.25) is 0 Å². The largest absolute Gasteiger partial charge is 0.449 e. The van der Waals surface area contributed by atoms with Gasteiger partial charge in [-0.15, -0.1) is 0 Å². The third kappa shape index (κ3) is 5.82. The number of benzene rings is 2. The van der Waals surface area contributed by atoms with Gasteiger partial charge < -0.3 is 10.1 Å². The van der Waals surface area contributed by atoms with Crippen LogP contribution in [-0.2, 0) is 19.6 Å². The second kappa shape index (κ2) is 8.43. The number of esters is 1. The van der Waals surface area contributed by atoms with Crippen LogP contribution in [-0.4, -0.2) is 32.7 Å². The topological polar surface area (TPSA) is 102 Å². The van der Waals surface area contributed by atoms with Gasteiger partial charge in [0.1, 0.15) is 0 Å². The number of hydrogen-bond acceptors (Lipinski definition) is 5. The lowest BCUT2D eigenvalue weighted by atomic mass is 10.0. The van der Waals surface area contributed by atoms with E-state index in [1.165, 1.54) is 31.2 Å². The van der Waals surface area contributed by atoms with Crippen LogP contribution in [0.1, 0.15) is 34.0 Å². The molecule has 150 valence electrons. The molecule has 0 heterocycles. The fourth-order valence-electron chi connectivity index (χ4n) is 2.81. The van der Waals surface area contributed by atoms with E-state index in [9.17, 15) is 18.0 Å². The van der Waals surface area contributed by atoms with Gasteiger partial charge in [-0.2, -0.15) is 0 Å². The molecule has 0 bridgehead atoms. The van der Waals surface area contributed by atoms with E-state index in [-0.39, 0.29) is 11.3 Å². The number of amides is 1. The van der Waals surface area contributed by atoms with Crippen LogP contribution < -0.4 is 10.0 Å². The number of sulfonamides is 1. The van der Waals surface area contributed by atoms with Gasteiger partial charge >= 0.3 is 5.97 Å². The molecule has 0 radical (unpaired) electrons. The summed E-state index contributed by atoms with van der Waals surface area (Å²) in [6.07, 6.45) is -0.0152. The van der Waals surface area contributed by atoms with Gasteiger partial charge in [0, 0.05) is 11.4 Å². The first-order valence-electron chi connectivity index (χ1n) is 8.64. The molecule has 0 aliphatic rings. The van der Waals surface area contributed by atoms with Crippen molar-refractivity contribution in [3.05, 3.63) is 58.7 Å². The molecule has 2 N–H and O–H groups in total. The molecule has 0 aromatic heterocycles. The molecule has 0 aliphatic heterocycles. The van der Waals surface area contributed by atoms with E-state index in [2.05, 4.69) is 10.0 Å². The van der Waals surface area contributed by atoms with Crippen molar-refractivity contribution in [3.63, 3.8) is 0 Å². The zero-order valence-corrected chi connectivity index (χ0v) is 17.3. The lowest BCUT2D eigenvalue weighted by Gasteiger charge is -2.17. The molecule has 0 saturated heterocycles. The summed E-state index contributed by atoms with van der Waals surface area (Å²) in [5.74, 6) is -1.18. The van der Waals surface area contributed by atoms with Gasteiger partial charge in [-0.25, -0.2) is 13.2 Å². The van der Waals surface area contributed by atoms with E-state index in [1.54, 1.807) is 0 Å². The molecular formula is C20H24N2O5S. The van der Waals surface area contributed by atoms with Crippen molar-refractivity contribution < 1.29 is 22.7 Å². The second-order valence-corrected chi connectivity index (χ2v) is 8.51. The van der Waals surface area contributed by atoms with E-state index >= 15 is 0 Å². The molecule has 2 aromatic carbocycles. The normalized spacial score (nSPS) is 12.2. The Morgan fingerprint density at radius 2 is 1.64 bits per heavy atom. The van der Waals surface area contributed by atoms with Gasteiger partial charge in [-0.05, 0) is 57.0 Å². The van der Waals surface area contributed by atoms with Gasteiger partial charge in [0.15, 0.2) is 6.10 Å². The molecule has 2 rings (SSSR count). The first-order valence-corrected chi connectivity index (χ1v) is 10.5. The highest BCUT2D eigenvalue weighted by atomic mass is 32.2. The van der Waals surface area contributed by atoms with Crippen LogP contribution >= 0.6 is 0 Å². The van der Waals surface area contributed by atoms with E-state index in [0.717, 1.165) is 22.9 Å². The molecule has 7 nitrogen and oxygen atoms in total. The number of aryl methyl sites for hydroxylation is 3. The predicted octanol–water partition coefficient (Wildman–Crippen LogP) is 3.17. The number of nitrogens with one attached hydrogen (secondary N) is 2. The molecule has 2 aromatic rings. The fourth-order valence-corrected chi connectivity index (χ4v) is 3.36. The van der Waals surface area contributed by atoms with Crippen molar-refractivity contribution in [2.75, 3.05) is 16.3 Å². The molecule has 0 aliphatic carbocycles. The highest BCUT2D eigenvalue weighted by Crippen LogP contribution is 2.22. The zero-order valence-electron chi connectivity index (χ0n) is 16.5. The molecule has 0 spiro atoms. The van der Waals surface area contributed by atoms with Crippen LogP contribution in [0.4, 0.5) is 11.4 Å². The molecule has 28 heavy (non-hydrogen) atoms. The second-order valence-electron chi connectivity index (χ2n) is 6.77. The van der Waals surface area contributed by atoms with Crippen molar-refractivity contribution >= 4 is 33.3 Å². The Labute approximate surface area is 165 Å². The Hall–Kier alpha value is -2.87. The standard InChI is InChI=1S/C20H24N2O5S/c1-12-9-13(2)18(14(3)10-12)21-19(23)15(4)27-20(24)16-7-6-8-17(11-16)22-28(5,25)26/h6-11,15,22H,1-5H3,(H,21,23)/t15-/m0/s1. The Morgan fingerprint density at radius 3 is 2.21 bits per heavy atom. The summed E-state index contributed by atoms with van der Waals surface area (Å²) >= 11 is 0. The van der Waals surface area contributed by atoms with E-state index in [4.69, 9.17) is 4.74 Å². The minimum atomic E-state index is -3.47. The number of hydrogen-bond donors (Lipinski definition) is 2. The summed E-state index contributed by atoms with van der Waals surface area (Å²) in [6, 6.07) is 9.78. The molecule has 0 saturated carbocycles. The average Bonchev–Trinajstić information content (AvgIpc) is 2.56. The summed E-state index contributed by atoms with van der Waals surface area (Å²) in [5.41, 5.74) is 4.00. The summed E-state index contributed by atoms with van der Waals surface area (Å²) in [4.78, 5) is 24.8. The number of rotatable bonds is 6. The van der Waals surface area contributed by atoms with Gasteiger partial charge in [-0.3, -0.25) is 9.52 Å². The van der Waals surface area contributed by atoms with Gasteiger partial charge in [0.2, 0.25) is 10.0 Å². The average molecular weight is 404 g/mol. The lowest BCUT2D eigenvalue weighted by Crippen LogP contribution is -2.30. The molecular weight excluding hydrogens is 380 g/mol. The highest BCUT2D eigenvalue weighted by molar-refractivity contribution is 7.92. The molecule has 1 amide bonds. The minimum absolute atomic E-state index is 0.135. The summed E-state index contributed by atoms with van der Waals surface area (Å²) in [7, 11) is -3.47. The van der Waals surface area contributed by atoms with Crippen LogP contribution in [0.3, 0.4) is 0 Å². The fraction of sp³-hybridized carbons (Fsp3) is 0.300. The lowest BCUT2D eigenvalue weighted by molar-refractivity contribution is -0.123. The van der Waals surface area contributed by atoms with E-state index in [0.29, 0.717) is 5.69 Å². The zero-order chi connectivity index (χ0) is 21.1. The minimum Gasteiger partial charge on any atom is -0.449 e. The summed E-state index contributed by atoms with van der Waals surface area (Å²) < 4.78 is 30.2. The van der Waals surface area contributed by atoms with Crippen molar-refractivity contribution in [1.82, 2.24) is 0 Å². The maximum Gasteiger partial charge on any atom is 0.338 e. The highest BCUT2D eigenvalue weighted by Gasteiger charge is 2.20. The molecule has 8 heteroatoms. The van der Waals surface area contributed by atoms with Crippen LogP contribution in [0.25, 0.3) is 0 Å².